The molecule has 2 nitrogen and oxygen atoms in total. The lowest BCUT2D eigenvalue weighted by Gasteiger charge is -2.40. The minimum atomic E-state index is 0.0627. The van der Waals surface area contributed by atoms with Gasteiger partial charge in [-0.2, -0.15) is 0 Å². The summed E-state index contributed by atoms with van der Waals surface area (Å²) in [7, 11) is 0. The highest BCUT2D eigenvalue weighted by molar-refractivity contribution is 4.85. The van der Waals surface area contributed by atoms with E-state index in [2.05, 4.69) is 33.0 Å². The SMILES string of the molecule is CCC1(C)CNCC(C(C)C)O1. The third kappa shape index (κ3) is 2.20. The molecule has 2 heteroatoms. The van der Waals surface area contributed by atoms with Crippen LogP contribution >= 0.6 is 0 Å². The summed E-state index contributed by atoms with van der Waals surface area (Å²) >= 11 is 0. The molecule has 72 valence electrons. The Bertz CT molecular complexity index is 147. The van der Waals surface area contributed by atoms with Crippen molar-refractivity contribution in [3.63, 3.8) is 0 Å². The van der Waals surface area contributed by atoms with Crippen molar-refractivity contribution in [2.24, 2.45) is 5.92 Å². The summed E-state index contributed by atoms with van der Waals surface area (Å²) in [5.74, 6) is 0.615. The molecule has 1 N–H and O–H groups in total. The number of nitrogens with one attached hydrogen (secondary N) is 1. The van der Waals surface area contributed by atoms with Crippen LogP contribution in [0.25, 0.3) is 0 Å². The molecule has 1 aliphatic rings. The molecule has 0 aromatic rings. The minimum Gasteiger partial charge on any atom is -0.369 e. The highest BCUT2D eigenvalue weighted by Gasteiger charge is 2.32. The highest BCUT2D eigenvalue weighted by atomic mass is 16.5. The first-order valence-electron chi connectivity index (χ1n) is 4.96. The van der Waals surface area contributed by atoms with E-state index in [1.807, 2.05) is 0 Å². The van der Waals surface area contributed by atoms with E-state index in [0.29, 0.717) is 12.0 Å². The molecule has 1 aliphatic heterocycles. The maximum Gasteiger partial charge on any atom is 0.0780 e. The summed E-state index contributed by atoms with van der Waals surface area (Å²) < 4.78 is 6.02. The van der Waals surface area contributed by atoms with Crippen LogP contribution in [0, 0.1) is 5.92 Å². The van der Waals surface area contributed by atoms with Gasteiger partial charge in [-0.25, -0.2) is 0 Å². The monoisotopic (exact) mass is 171 g/mol. The summed E-state index contributed by atoms with van der Waals surface area (Å²) in [5, 5.41) is 3.43. The van der Waals surface area contributed by atoms with Gasteiger partial charge in [0, 0.05) is 13.1 Å². The molecule has 12 heavy (non-hydrogen) atoms. The second kappa shape index (κ2) is 3.75. The molecular formula is C10H21NO. The number of ether oxygens (including phenoxy) is 1. The Hall–Kier alpha value is -0.0800. The third-order valence-corrected chi connectivity index (χ3v) is 2.77. The van der Waals surface area contributed by atoms with Crippen LogP contribution in [-0.2, 0) is 4.74 Å². The number of hydrogen-bond acceptors (Lipinski definition) is 2. The number of rotatable bonds is 2. The van der Waals surface area contributed by atoms with E-state index in [1.54, 1.807) is 0 Å². The van der Waals surface area contributed by atoms with Gasteiger partial charge in [0.25, 0.3) is 0 Å². The first-order valence-corrected chi connectivity index (χ1v) is 4.96. The van der Waals surface area contributed by atoms with Crippen LogP contribution < -0.4 is 5.32 Å². The Balaban J connectivity index is 2.51. The van der Waals surface area contributed by atoms with E-state index in [9.17, 15) is 0 Å². The van der Waals surface area contributed by atoms with Crippen molar-refractivity contribution in [1.29, 1.82) is 0 Å². The lowest BCUT2D eigenvalue weighted by Crippen LogP contribution is -2.53. The van der Waals surface area contributed by atoms with E-state index >= 15 is 0 Å². The Kier molecular flexibility index (Phi) is 3.13. The molecular weight excluding hydrogens is 150 g/mol. The predicted octanol–water partition coefficient (Wildman–Crippen LogP) is 1.80. The van der Waals surface area contributed by atoms with Crippen molar-refractivity contribution < 1.29 is 4.74 Å². The molecule has 0 bridgehead atoms. The van der Waals surface area contributed by atoms with E-state index in [-0.39, 0.29) is 5.60 Å². The fraction of sp³-hybridized carbons (Fsp3) is 1.00. The van der Waals surface area contributed by atoms with Crippen molar-refractivity contribution >= 4 is 0 Å². The van der Waals surface area contributed by atoms with Gasteiger partial charge in [0.15, 0.2) is 0 Å². The van der Waals surface area contributed by atoms with E-state index < -0.39 is 0 Å². The van der Waals surface area contributed by atoms with Gasteiger partial charge in [0.05, 0.1) is 11.7 Å². The van der Waals surface area contributed by atoms with E-state index in [4.69, 9.17) is 4.74 Å². The second-order valence-electron chi connectivity index (χ2n) is 4.33. The molecule has 0 saturated carbocycles. The summed E-state index contributed by atoms with van der Waals surface area (Å²) in [6, 6.07) is 0. The molecule has 0 radical (unpaired) electrons. The van der Waals surface area contributed by atoms with Gasteiger partial charge < -0.3 is 10.1 Å². The van der Waals surface area contributed by atoms with E-state index in [0.717, 1.165) is 19.5 Å². The predicted molar refractivity (Wildman–Crippen MR) is 51.3 cm³/mol. The van der Waals surface area contributed by atoms with Crippen LogP contribution in [0.5, 0.6) is 0 Å². The van der Waals surface area contributed by atoms with Crippen LogP contribution in [0.4, 0.5) is 0 Å². The number of morpholine rings is 1. The molecule has 0 aliphatic carbocycles. The first-order chi connectivity index (χ1) is 5.57. The van der Waals surface area contributed by atoms with Gasteiger partial charge in [-0.05, 0) is 19.3 Å². The fourth-order valence-corrected chi connectivity index (χ4v) is 1.51. The molecule has 0 amide bonds. The lowest BCUT2D eigenvalue weighted by molar-refractivity contribution is -0.122. The van der Waals surface area contributed by atoms with Crippen LogP contribution in [-0.4, -0.2) is 24.8 Å². The zero-order chi connectivity index (χ0) is 9.19. The average Bonchev–Trinajstić information content (AvgIpc) is 2.05. The molecule has 0 aromatic heterocycles. The van der Waals surface area contributed by atoms with Crippen LogP contribution in [0.3, 0.4) is 0 Å². The summed E-state index contributed by atoms with van der Waals surface area (Å²) in [4.78, 5) is 0. The Labute approximate surface area is 75.7 Å². The minimum absolute atomic E-state index is 0.0627. The van der Waals surface area contributed by atoms with Crippen LogP contribution in [0.15, 0.2) is 0 Å². The third-order valence-electron chi connectivity index (χ3n) is 2.77. The average molecular weight is 171 g/mol. The van der Waals surface area contributed by atoms with Crippen molar-refractivity contribution in [2.45, 2.75) is 45.8 Å². The molecule has 0 aromatic carbocycles. The molecule has 2 unspecified atom stereocenters. The van der Waals surface area contributed by atoms with E-state index in [1.165, 1.54) is 0 Å². The summed E-state index contributed by atoms with van der Waals surface area (Å²) in [6.45, 7) is 10.8. The smallest absolute Gasteiger partial charge is 0.0780 e. The molecule has 1 rings (SSSR count). The standard InChI is InChI=1S/C10H21NO/c1-5-10(4)7-11-6-9(12-10)8(2)3/h8-9,11H,5-7H2,1-4H3. The zero-order valence-corrected chi connectivity index (χ0v) is 8.68. The zero-order valence-electron chi connectivity index (χ0n) is 8.68. The normalized spacial score (nSPS) is 37.2. The molecule has 2 atom stereocenters. The van der Waals surface area contributed by atoms with Gasteiger partial charge in [0.1, 0.15) is 0 Å². The maximum absolute atomic E-state index is 6.02. The Morgan fingerprint density at radius 1 is 1.58 bits per heavy atom. The quantitative estimate of drug-likeness (QED) is 0.684. The highest BCUT2D eigenvalue weighted by Crippen LogP contribution is 2.23. The number of hydrogen-bond donors (Lipinski definition) is 1. The summed E-state index contributed by atoms with van der Waals surface area (Å²) in [5.41, 5.74) is 0.0627. The summed E-state index contributed by atoms with van der Waals surface area (Å²) in [6.07, 6.45) is 1.48. The van der Waals surface area contributed by atoms with Crippen LogP contribution in [0.1, 0.15) is 34.1 Å². The van der Waals surface area contributed by atoms with Gasteiger partial charge in [-0.3, -0.25) is 0 Å². The van der Waals surface area contributed by atoms with Gasteiger partial charge in [-0.1, -0.05) is 20.8 Å². The molecule has 1 heterocycles. The van der Waals surface area contributed by atoms with Crippen molar-refractivity contribution in [3.8, 4) is 0 Å². The van der Waals surface area contributed by atoms with Crippen molar-refractivity contribution in [1.82, 2.24) is 5.32 Å². The van der Waals surface area contributed by atoms with Crippen LogP contribution in [0.2, 0.25) is 0 Å². The topological polar surface area (TPSA) is 21.3 Å². The lowest BCUT2D eigenvalue weighted by atomic mass is 9.97. The van der Waals surface area contributed by atoms with Crippen molar-refractivity contribution in [3.05, 3.63) is 0 Å². The molecule has 1 fully saturated rings. The second-order valence-corrected chi connectivity index (χ2v) is 4.33. The maximum atomic E-state index is 6.02. The Morgan fingerprint density at radius 3 is 2.75 bits per heavy atom. The fourth-order valence-electron chi connectivity index (χ4n) is 1.51. The first kappa shape index (κ1) is 10.0. The van der Waals surface area contributed by atoms with Crippen molar-refractivity contribution in [2.75, 3.05) is 13.1 Å². The van der Waals surface area contributed by atoms with Gasteiger partial charge in [0.2, 0.25) is 0 Å². The Morgan fingerprint density at radius 2 is 2.25 bits per heavy atom. The molecule has 1 saturated heterocycles. The van der Waals surface area contributed by atoms with Gasteiger partial charge >= 0.3 is 0 Å². The largest absolute Gasteiger partial charge is 0.369 e. The van der Waals surface area contributed by atoms with Gasteiger partial charge in [-0.15, -0.1) is 0 Å². The molecule has 0 spiro atoms.